The van der Waals surface area contributed by atoms with E-state index in [0.29, 0.717) is 0 Å². The van der Waals surface area contributed by atoms with E-state index in [9.17, 15) is 4.79 Å². The molecule has 0 fully saturated rings. The smallest absolute Gasteiger partial charge is 0.251 e. The Morgan fingerprint density at radius 1 is 1.38 bits per heavy atom. The molecule has 0 bridgehead atoms. The standard InChI is InChI=1S/C16H16ClNO2S/c1-20-13-6-8-21-15(13)14(17)11-5-4-10-3-2-7-18-16(19)12(10)9-11/h4-6,8-9,14H,2-3,7H2,1H3,(H,18,19). The summed E-state index contributed by atoms with van der Waals surface area (Å²) in [5.41, 5.74) is 2.76. The van der Waals surface area contributed by atoms with Gasteiger partial charge in [-0.1, -0.05) is 12.1 Å². The molecule has 3 rings (SSSR count). The summed E-state index contributed by atoms with van der Waals surface area (Å²) in [6.45, 7) is 0.728. The Bertz CT molecular complexity index is 668. The first-order valence-electron chi connectivity index (χ1n) is 6.87. The van der Waals surface area contributed by atoms with Crippen molar-refractivity contribution >= 4 is 28.8 Å². The van der Waals surface area contributed by atoms with E-state index in [1.165, 1.54) is 0 Å². The van der Waals surface area contributed by atoms with Gasteiger partial charge in [0.2, 0.25) is 0 Å². The summed E-state index contributed by atoms with van der Waals surface area (Å²) in [5.74, 6) is 0.783. The van der Waals surface area contributed by atoms with E-state index in [4.69, 9.17) is 16.3 Å². The average molecular weight is 322 g/mol. The van der Waals surface area contributed by atoms with E-state index >= 15 is 0 Å². The van der Waals surface area contributed by atoms with Crippen molar-refractivity contribution in [1.29, 1.82) is 0 Å². The van der Waals surface area contributed by atoms with E-state index in [1.54, 1.807) is 18.4 Å². The summed E-state index contributed by atoms with van der Waals surface area (Å²) < 4.78 is 5.33. The van der Waals surface area contributed by atoms with Crippen LogP contribution < -0.4 is 10.1 Å². The van der Waals surface area contributed by atoms with Crippen LogP contribution in [0, 0.1) is 0 Å². The predicted molar refractivity (Wildman–Crippen MR) is 85.7 cm³/mol. The van der Waals surface area contributed by atoms with E-state index in [2.05, 4.69) is 5.32 Å². The van der Waals surface area contributed by atoms with Crippen LogP contribution in [0.5, 0.6) is 5.75 Å². The van der Waals surface area contributed by atoms with Crippen molar-refractivity contribution in [2.75, 3.05) is 13.7 Å². The number of halogens is 1. The van der Waals surface area contributed by atoms with E-state index in [-0.39, 0.29) is 11.3 Å². The van der Waals surface area contributed by atoms with Crippen LogP contribution in [0.1, 0.15) is 38.2 Å². The number of carbonyl (C=O) groups is 1. The third-order valence-electron chi connectivity index (χ3n) is 3.69. The summed E-state index contributed by atoms with van der Waals surface area (Å²) in [6.07, 6.45) is 1.89. The third kappa shape index (κ3) is 2.78. The zero-order valence-corrected chi connectivity index (χ0v) is 13.3. The number of hydrogen-bond donors (Lipinski definition) is 1. The van der Waals surface area contributed by atoms with Gasteiger partial charge in [-0.05, 0) is 41.5 Å². The predicted octanol–water partition coefficient (Wildman–Crippen LogP) is 3.76. The highest BCUT2D eigenvalue weighted by molar-refractivity contribution is 7.10. The van der Waals surface area contributed by atoms with Gasteiger partial charge in [0.15, 0.2) is 0 Å². The molecule has 21 heavy (non-hydrogen) atoms. The van der Waals surface area contributed by atoms with Crippen LogP contribution in [0.2, 0.25) is 0 Å². The van der Waals surface area contributed by atoms with E-state index in [1.807, 2.05) is 29.6 Å². The fraction of sp³-hybridized carbons (Fsp3) is 0.312. The van der Waals surface area contributed by atoms with Crippen LogP contribution in [0.15, 0.2) is 29.6 Å². The highest BCUT2D eigenvalue weighted by Crippen LogP contribution is 2.39. The highest BCUT2D eigenvalue weighted by Gasteiger charge is 2.21. The summed E-state index contributed by atoms with van der Waals surface area (Å²) in [4.78, 5) is 13.1. The molecule has 5 heteroatoms. The number of rotatable bonds is 3. The number of amides is 1. The molecule has 110 valence electrons. The molecule has 1 aliphatic rings. The number of hydrogen-bond acceptors (Lipinski definition) is 3. The molecular formula is C16H16ClNO2S. The monoisotopic (exact) mass is 321 g/mol. The fourth-order valence-electron chi connectivity index (χ4n) is 2.57. The minimum absolute atomic E-state index is 0.00800. The topological polar surface area (TPSA) is 38.3 Å². The Balaban J connectivity index is 1.98. The van der Waals surface area contributed by atoms with Gasteiger partial charge in [-0.25, -0.2) is 0 Å². The van der Waals surface area contributed by atoms with Crippen molar-refractivity contribution < 1.29 is 9.53 Å². The number of thiophene rings is 1. The second-order valence-electron chi connectivity index (χ2n) is 4.99. The Morgan fingerprint density at radius 2 is 2.24 bits per heavy atom. The maximum absolute atomic E-state index is 12.1. The number of alkyl halides is 1. The Morgan fingerprint density at radius 3 is 3.05 bits per heavy atom. The lowest BCUT2D eigenvalue weighted by molar-refractivity contribution is 0.0956. The molecule has 2 heterocycles. The van der Waals surface area contributed by atoms with Crippen LogP contribution in [0.25, 0.3) is 0 Å². The van der Waals surface area contributed by atoms with E-state index in [0.717, 1.165) is 46.7 Å². The lowest BCUT2D eigenvalue weighted by Gasteiger charge is -2.13. The fourth-order valence-corrected chi connectivity index (χ4v) is 3.83. The van der Waals surface area contributed by atoms with Crippen LogP contribution in [0.3, 0.4) is 0 Å². The van der Waals surface area contributed by atoms with Gasteiger partial charge in [0.1, 0.15) is 5.75 Å². The Kier molecular flexibility index (Phi) is 4.17. The number of nitrogens with one attached hydrogen (secondary N) is 1. The lowest BCUT2D eigenvalue weighted by atomic mass is 9.99. The van der Waals surface area contributed by atoms with Crippen LogP contribution in [0.4, 0.5) is 0 Å². The van der Waals surface area contributed by atoms with Gasteiger partial charge in [-0.3, -0.25) is 4.79 Å². The molecule has 0 saturated carbocycles. The maximum atomic E-state index is 12.1. The molecule has 1 aromatic carbocycles. The van der Waals surface area contributed by atoms with Gasteiger partial charge < -0.3 is 10.1 Å². The number of aryl methyl sites for hydroxylation is 1. The van der Waals surface area contributed by atoms with Crippen molar-refractivity contribution in [1.82, 2.24) is 5.32 Å². The molecular weight excluding hydrogens is 306 g/mol. The molecule has 1 amide bonds. The number of methoxy groups -OCH3 is 1. The van der Waals surface area contributed by atoms with Crippen LogP contribution in [-0.4, -0.2) is 19.6 Å². The van der Waals surface area contributed by atoms with Gasteiger partial charge in [0.05, 0.1) is 17.4 Å². The van der Waals surface area contributed by atoms with Crippen molar-refractivity contribution in [3.05, 3.63) is 51.2 Å². The molecule has 0 aliphatic carbocycles. The molecule has 0 radical (unpaired) electrons. The van der Waals surface area contributed by atoms with Crippen molar-refractivity contribution in [2.24, 2.45) is 0 Å². The summed E-state index contributed by atoms with van der Waals surface area (Å²) in [7, 11) is 1.64. The number of fused-ring (bicyclic) bond motifs is 1. The summed E-state index contributed by atoms with van der Waals surface area (Å²) >= 11 is 8.15. The van der Waals surface area contributed by atoms with Gasteiger partial charge in [0, 0.05) is 12.1 Å². The van der Waals surface area contributed by atoms with Crippen LogP contribution >= 0.6 is 22.9 Å². The Hall–Kier alpha value is -1.52. The summed E-state index contributed by atoms with van der Waals surface area (Å²) in [5, 5.41) is 4.57. The average Bonchev–Trinajstić information content (AvgIpc) is 2.91. The first-order chi connectivity index (χ1) is 10.2. The second kappa shape index (κ2) is 6.08. The molecule has 0 saturated heterocycles. The van der Waals surface area contributed by atoms with Crippen LogP contribution in [-0.2, 0) is 6.42 Å². The minimum atomic E-state index is -0.304. The molecule has 0 spiro atoms. The lowest BCUT2D eigenvalue weighted by Crippen LogP contribution is -2.22. The normalized spacial score (nSPS) is 15.8. The van der Waals surface area contributed by atoms with Crippen molar-refractivity contribution in [3.63, 3.8) is 0 Å². The van der Waals surface area contributed by atoms with Crippen molar-refractivity contribution in [3.8, 4) is 5.75 Å². The molecule has 1 unspecified atom stereocenters. The van der Waals surface area contributed by atoms with Gasteiger partial charge in [-0.2, -0.15) is 0 Å². The minimum Gasteiger partial charge on any atom is -0.496 e. The molecule has 1 atom stereocenters. The quantitative estimate of drug-likeness (QED) is 0.874. The summed E-state index contributed by atoms with van der Waals surface area (Å²) in [6, 6.07) is 7.84. The Labute approximate surface area is 132 Å². The van der Waals surface area contributed by atoms with Crippen molar-refractivity contribution in [2.45, 2.75) is 18.2 Å². The zero-order valence-electron chi connectivity index (χ0n) is 11.7. The number of ether oxygens (including phenoxy) is 1. The molecule has 1 N–H and O–H groups in total. The molecule has 2 aromatic rings. The largest absolute Gasteiger partial charge is 0.496 e. The molecule has 1 aliphatic heterocycles. The zero-order chi connectivity index (χ0) is 14.8. The SMILES string of the molecule is COc1ccsc1C(Cl)c1ccc2c(c1)C(=O)NCCC2. The third-order valence-corrected chi connectivity index (χ3v) is 5.25. The maximum Gasteiger partial charge on any atom is 0.251 e. The number of carbonyl (C=O) groups excluding carboxylic acids is 1. The first-order valence-corrected chi connectivity index (χ1v) is 8.19. The second-order valence-corrected chi connectivity index (χ2v) is 6.38. The van der Waals surface area contributed by atoms with Gasteiger partial charge >= 0.3 is 0 Å². The van der Waals surface area contributed by atoms with E-state index < -0.39 is 0 Å². The molecule has 1 aromatic heterocycles. The highest BCUT2D eigenvalue weighted by atomic mass is 35.5. The first kappa shape index (κ1) is 14.4. The van der Waals surface area contributed by atoms with Gasteiger partial charge in [-0.15, -0.1) is 22.9 Å². The van der Waals surface area contributed by atoms with Gasteiger partial charge in [0.25, 0.3) is 5.91 Å². The number of benzene rings is 1. The molecule has 3 nitrogen and oxygen atoms in total.